The average Bonchev–Trinajstić information content (AvgIpc) is 1.93. The maximum absolute atomic E-state index is 8.88. The van der Waals surface area contributed by atoms with Gasteiger partial charge in [0.1, 0.15) is 0 Å². The average molecular weight is 384 g/mol. The molecule has 0 fully saturated rings. The van der Waals surface area contributed by atoms with Crippen LogP contribution in [-0.4, -0.2) is 55.0 Å². The first-order chi connectivity index (χ1) is 7.91. The molecule has 0 unspecified atom stereocenters. The van der Waals surface area contributed by atoms with E-state index in [2.05, 4.69) is 13.8 Å². The highest BCUT2D eigenvalue weighted by atomic mass is 31.2. The number of rotatable bonds is 1. The predicted octanol–water partition coefficient (Wildman–Crippen LogP) is -2.43. The second-order valence-electron chi connectivity index (χ2n) is 2.54. The first-order valence-electron chi connectivity index (χ1n) is 4.26. The molecule has 0 saturated heterocycles. The van der Waals surface area contributed by atoms with E-state index < -0.39 is 23.5 Å². The summed E-state index contributed by atoms with van der Waals surface area (Å²) in [6.45, 7) is 4.36. The van der Waals surface area contributed by atoms with Crippen molar-refractivity contribution in [2.24, 2.45) is 0 Å². The predicted molar refractivity (Wildman–Crippen MR) is 74.7 cm³/mol. The van der Waals surface area contributed by atoms with Gasteiger partial charge in [-0.2, -0.15) is 0 Å². The topological polar surface area (TPSA) is 233 Å². The van der Waals surface area contributed by atoms with E-state index in [1.807, 2.05) is 0 Å². The van der Waals surface area contributed by atoms with Gasteiger partial charge in [-0.15, -0.1) is 0 Å². The minimum atomic E-state index is -4.64. The standard InChI is InChI=1S/C4H10.3H3O4P.H4Si/c1-3-4-2;3*1-5(2,3)4;/h3-4H2,1-2H3;3*(H3,1,2,3,4);1H4. The van der Waals surface area contributed by atoms with Gasteiger partial charge in [-0.1, -0.05) is 26.7 Å². The monoisotopic (exact) mass is 384 g/mol. The van der Waals surface area contributed by atoms with Crippen LogP contribution in [0.25, 0.3) is 0 Å². The van der Waals surface area contributed by atoms with E-state index in [-0.39, 0.29) is 11.0 Å². The quantitative estimate of drug-likeness (QED) is 0.169. The Morgan fingerprint density at radius 2 is 0.600 bits per heavy atom. The molecular formula is C4H23O12P3Si. The van der Waals surface area contributed by atoms with E-state index in [0.29, 0.717) is 0 Å². The molecule has 0 atom stereocenters. The van der Waals surface area contributed by atoms with E-state index in [1.54, 1.807) is 0 Å². The largest absolute Gasteiger partial charge is 0.466 e. The lowest BCUT2D eigenvalue weighted by Gasteiger charge is -1.82. The van der Waals surface area contributed by atoms with Gasteiger partial charge >= 0.3 is 23.5 Å². The Hall–Kier alpha value is 0.547. The van der Waals surface area contributed by atoms with E-state index in [0.717, 1.165) is 0 Å². The third-order valence-corrected chi connectivity index (χ3v) is 0.500. The normalized spacial score (nSPS) is 10.3. The molecule has 0 rings (SSSR count). The maximum atomic E-state index is 8.88. The van der Waals surface area contributed by atoms with Gasteiger partial charge < -0.3 is 44.0 Å². The number of unbranched alkanes of at least 4 members (excludes halogenated alkanes) is 1. The fourth-order valence-electron chi connectivity index (χ4n) is 0. The summed E-state index contributed by atoms with van der Waals surface area (Å²) in [5.74, 6) is 0. The van der Waals surface area contributed by atoms with Crippen LogP contribution in [0.5, 0.6) is 0 Å². The first kappa shape index (κ1) is 32.5. The Bertz CT molecular complexity index is 240. The molecule has 0 amide bonds. The highest BCUT2D eigenvalue weighted by Crippen LogP contribution is 2.26. The summed E-state index contributed by atoms with van der Waals surface area (Å²) >= 11 is 0. The Morgan fingerprint density at radius 3 is 0.600 bits per heavy atom. The summed E-state index contributed by atoms with van der Waals surface area (Å²) in [5, 5.41) is 0. The van der Waals surface area contributed by atoms with Gasteiger partial charge in [0.2, 0.25) is 0 Å². The van der Waals surface area contributed by atoms with E-state index in [9.17, 15) is 0 Å². The molecule has 0 aliphatic rings. The Balaban J connectivity index is -0.0000000494. The lowest BCUT2D eigenvalue weighted by Crippen LogP contribution is -1.66. The molecule has 0 spiro atoms. The van der Waals surface area contributed by atoms with Gasteiger partial charge in [-0.05, 0) is 11.0 Å². The van der Waals surface area contributed by atoms with Crippen molar-refractivity contribution in [2.75, 3.05) is 0 Å². The summed E-state index contributed by atoms with van der Waals surface area (Å²) < 4.78 is 26.6. The van der Waals surface area contributed by atoms with Crippen LogP contribution in [0.3, 0.4) is 0 Å². The minimum Gasteiger partial charge on any atom is -0.303 e. The highest BCUT2D eigenvalue weighted by molar-refractivity contribution is 7.45. The molecule has 0 heterocycles. The van der Waals surface area contributed by atoms with Crippen LogP contribution in [0, 0.1) is 0 Å². The van der Waals surface area contributed by atoms with Crippen molar-refractivity contribution >= 4 is 34.4 Å². The highest BCUT2D eigenvalue weighted by Gasteiger charge is 2.01. The van der Waals surface area contributed by atoms with E-state index in [1.165, 1.54) is 12.8 Å². The summed E-state index contributed by atoms with van der Waals surface area (Å²) in [7, 11) is -13.9. The van der Waals surface area contributed by atoms with Crippen LogP contribution < -0.4 is 0 Å². The molecule has 0 radical (unpaired) electrons. The Labute approximate surface area is 119 Å². The fraction of sp³-hybridized carbons (Fsp3) is 1.00. The first-order valence-corrected chi connectivity index (χ1v) is 8.96. The molecule has 130 valence electrons. The van der Waals surface area contributed by atoms with Crippen LogP contribution >= 0.6 is 23.5 Å². The number of hydrogen-bond donors (Lipinski definition) is 9. The molecule has 0 aromatic heterocycles. The third-order valence-electron chi connectivity index (χ3n) is 0.500. The zero-order valence-electron chi connectivity index (χ0n) is 10.0. The second kappa shape index (κ2) is 15.9. The van der Waals surface area contributed by atoms with Crippen molar-refractivity contribution in [3.8, 4) is 0 Å². The minimum absolute atomic E-state index is 0. The maximum Gasteiger partial charge on any atom is 0.466 e. The second-order valence-corrected chi connectivity index (χ2v) is 5.62. The molecule has 9 N–H and O–H groups in total. The van der Waals surface area contributed by atoms with Crippen LogP contribution in [-0.2, 0) is 13.7 Å². The van der Waals surface area contributed by atoms with Crippen molar-refractivity contribution in [1.82, 2.24) is 0 Å². The molecule has 0 bridgehead atoms. The molecule has 12 nitrogen and oxygen atoms in total. The fourth-order valence-corrected chi connectivity index (χ4v) is 0. The van der Waals surface area contributed by atoms with Crippen LogP contribution in [0.2, 0.25) is 0 Å². The molecule has 0 aliphatic carbocycles. The van der Waals surface area contributed by atoms with Crippen molar-refractivity contribution < 1.29 is 57.7 Å². The summed E-state index contributed by atoms with van der Waals surface area (Å²) in [6, 6.07) is 0. The summed E-state index contributed by atoms with van der Waals surface area (Å²) in [4.78, 5) is 64.7. The van der Waals surface area contributed by atoms with Crippen molar-refractivity contribution in [1.29, 1.82) is 0 Å². The number of phosphoric acid groups is 3. The van der Waals surface area contributed by atoms with Gasteiger partial charge in [-0.3, -0.25) is 0 Å². The zero-order chi connectivity index (χ0) is 16.9. The van der Waals surface area contributed by atoms with E-state index in [4.69, 9.17) is 57.7 Å². The van der Waals surface area contributed by atoms with Gasteiger partial charge in [0.05, 0.1) is 0 Å². The van der Waals surface area contributed by atoms with Crippen LogP contribution in [0.15, 0.2) is 0 Å². The van der Waals surface area contributed by atoms with Gasteiger partial charge in [-0.25, -0.2) is 13.7 Å². The van der Waals surface area contributed by atoms with Gasteiger partial charge in [0, 0.05) is 0 Å². The van der Waals surface area contributed by atoms with Gasteiger partial charge in [0.15, 0.2) is 0 Å². The molecule has 0 aromatic carbocycles. The van der Waals surface area contributed by atoms with Gasteiger partial charge in [0.25, 0.3) is 0 Å². The smallest absolute Gasteiger partial charge is 0.303 e. The number of hydrogen-bond acceptors (Lipinski definition) is 3. The summed E-state index contributed by atoms with van der Waals surface area (Å²) in [6.07, 6.45) is 2.64. The van der Waals surface area contributed by atoms with Crippen molar-refractivity contribution in [3.05, 3.63) is 0 Å². The molecule has 0 aliphatic heterocycles. The molecule has 0 aromatic rings. The lowest BCUT2D eigenvalue weighted by atomic mass is 10.4. The van der Waals surface area contributed by atoms with Crippen molar-refractivity contribution in [3.63, 3.8) is 0 Å². The molecule has 0 saturated carbocycles. The zero-order valence-corrected chi connectivity index (χ0v) is 12.7. The lowest BCUT2D eigenvalue weighted by molar-refractivity contribution is 0.272. The van der Waals surface area contributed by atoms with E-state index >= 15 is 0 Å². The Kier molecular flexibility index (Phi) is 25.9. The van der Waals surface area contributed by atoms with Crippen molar-refractivity contribution in [2.45, 2.75) is 26.7 Å². The van der Waals surface area contributed by atoms with Crippen LogP contribution in [0.1, 0.15) is 26.7 Å². The summed E-state index contributed by atoms with van der Waals surface area (Å²) in [5.41, 5.74) is 0. The molecule has 16 heteroatoms. The Morgan fingerprint density at radius 1 is 0.550 bits per heavy atom. The molecule has 20 heavy (non-hydrogen) atoms. The third kappa shape index (κ3) is 2390. The molecular weight excluding hydrogens is 361 g/mol. The SMILES string of the molecule is CCCC.O=P(O)(O)O.O=P(O)(O)O.O=P(O)(O)O.[SiH4]. The van der Waals surface area contributed by atoms with Crippen LogP contribution in [0.4, 0.5) is 0 Å².